The first kappa shape index (κ1) is 14.8. The van der Waals surface area contributed by atoms with Crippen molar-refractivity contribution in [1.29, 1.82) is 0 Å². The lowest BCUT2D eigenvalue weighted by Gasteiger charge is -2.24. The number of nitrogens with one attached hydrogen (secondary N) is 2. The first-order valence-corrected chi connectivity index (χ1v) is 9.16. The highest BCUT2D eigenvalue weighted by Gasteiger charge is 2.25. The summed E-state index contributed by atoms with van der Waals surface area (Å²) in [7, 11) is 0. The van der Waals surface area contributed by atoms with E-state index >= 15 is 0 Å². The Balaban J connectivity index is 1.47. The van der Waals surface area contributed by atoms with E-state index in [0.29, 0.717) is 12.0 Å². The van der Waals surface area contributed by atoms with Gasteiger partial charge in [0.05, 0.1) is 17.6 Å². The first-order chi connectivity index (χ1) is 12.4. The second kappa shape index (κ2) is 6.11. The molecule has 2 fully saturated rings. The van der Waals surface area contributed by atoms with E-state index < -0.39 is 0 Å². The number of pyridine rings is 1. The summed E-state index contributed by atoms with van der Waals surface area (Å²) in [4.78, 5) is 9.30. The second-order valence-electron chi connectivity index (χ2n) is 7.04. The molecule has 6 heteroatoms. The summed E-state index contributed by atoms with van der Waals surface area (Å²) in [6, 6.07) is 10.7. The van der Waals surface area contributed by atoms with Crippen molar-refractivity contribution in [3.05, 3.63) is 42.2 Å². The van der Waals surface area contributed by atoms with E-state index in [-0.39, 0.29) is 0 Å². The number of piperidine rings is 1. The molecule has 25 heavy (non-hydrogen) atoms. The fraction of sp³-hybridized carbons (Fsp3) is 0.421. The van der Waals surface area contributed by atoms with E-state index in [1.54, 1.807) is 0 Å². The highest BCUT2D eigenvalue weighted by Crippen LogP contribution is 2.39. The van der Waals surface area contributed by atoms with Gasteiger partial charge < -0.3 is 10.6 Å². The SMILES string of the molecule is c1cc(NC2CCCNC2)nc(-c2cnc3ccc(C4CC4)nn23)c1. The summed E-state index contributed by atoms with van der Waals surface area (Å²) in [5, 5.41) is 11.8. The largest absolute Gasteiger partial charge is 0.366 e. The Bertz CT molecular complexity index is 892. The van der Waals surface area contributed by atoms with Crippen LogP contribution in [0.25, 0.3) is 17.0 Å². The van der Waals surface area contributed by atoms with Crippen molar-refractivity contribution in [3.8, 4) is 11.4 Å². The molecular weight excluding hydrogens is 312 g/mol. The molecule has 0 bridgehead atoms. The van der Waals surface area contributed by atoms with Crippen LogP contribution in [0.1, 0.15) is 37.3 Å². The number of hydrogen-bond donors (Lipinski definition) is 2. The average molecular weight is 334 g/mol. The lowest BCUT2D eigenvalue weighted by atomic mass is 10.1. The molecule has 1 unspecified atom stereocenters. The van der Waals surface area contributed by atoms with Crippen LogP contribution in [-0.2, 0) is 0 Å². The van der Waals surface area contributed by atoms with Crippen molar-refractivity contribution in [2.45, 2.75) is 37.6 Å². The molecular formula is C19H22N6. The lowest BCUT2D eigenvalue weighted by molar-refractivity contribution is 0.479. The smallest absolute Gasteiger partial charge is 0.154 e. The minimum absolute atomic E-state index is 0.443. The molecule has 2 N–H and O–H groups in total. The summed E-state index contributed by atoms with van der Waals surface area (Å²) >= 11 is 0. The van der Waals surface area contributed by atoms with Crippen LogP contribution in [0.15, 0.2) is 36.5 Å². The molecule has 0 aromatic carbocycles. The highest BCUT2D eigenvalue weighted by molar-refractivity contribution is 5.61. The molecule has 2 aliphatic rings. The topological polar surface area (TPSA) is 67.1 Å². The highest BCUT2D eigenvalue weighted by atomic mass is 15.3. The molecule has 1 aliphatic carbocycles. The maximum atomic E-state index is 4.81. The van der Waals surface area contributed by atoms with E-state index in [2.05, 4.69) is 27.8 Å². The molecule has 3 aromatic heterocycles. The fourth-order valence-corrected chi connectivity index (χ4v) is 3.50. The quantitative estimate of drug-likeness (QED) is 0.768. The Morgan fingerprint density at radius 3 is 2.92 bits per heavy atom. The first-order valence-electron chi connectivity index (χ1n) is 9.16. The molecule has 4 heterocycles. The molecule has 128 valence electrons. The van der Waals surface area contributed by atoms with E-state index in [9.17, 15) is 0 Å². The van der Waals surface area contributed by atoms with Crippen LogP contribution in [0.2, 0.25) is 0 Å². The maximum Gasteiger partial charge on any atom is 0.154 e. The van der Waals surface area contributed by atoms with Gasteiger partial charge in [-0.1, -0.05) is 6.07 Å². The molecule has 0 amide bonds. The van der Waals surface area contributed by atoms with Crippen molar-refractivity contribution < 1.29 is 0 Å². The predicted molar refractivity (Wildman–Crippen MR) is 97.7 cm³/mol. The van der Waals surface area contributed by atoms with Gasteiger partial charge in [0.25, 0.3) is 0 Å². The van der Waals surface area contributed by atoms with Crippen molar-refractivity contribution in [2.24, 2.45) is 0 Å². The number of imidazole rings is 1. The molecule has 1 atom stereocenters. The van der Waals surface area contributed by atoms with Crippen LogP contribution < -0.4 is 10.6 Å². The summed E-state index contributed by atoms with van der Waals surface area (Å²) in [5.41, 5.74) is 3.88. The van der Waals surface area contributed by atoms with Gasteiger partial charge in [0.2, 0.25) is 0 Å². The normalized spacial score (nSPS) is 20.7. The van der Waals surface area contributed by atoms with Gasteiger partial charge in [-0.3, -0.25) is 0 Å². The summed E-state index contributed by atoms with van der Waals surface area (Å²) < 4.78 is 1.93. The number of anilines is 1. The summed E-state index contributed by atoms with van der Waals surface area (Å²) in [6.07, 6.45) is 6.75. The molecule has 0 radical (unpaired) electrons. The monoisotopic (exact) mass is 334 g/mol. The van der Waals surface area contributed by atoms with Crippen LogP contribution in [0.5, 0.6) is 0 Å². The van der Waals surface area contributed by atoms with Crippen LogP contribution in [0, 0.1) is 0 Å². The zero-order chi connectivity index (χ0) is 16.6. The van der Waals surface area contributed by atoms with E-state index in [1.165, 1.54) is 25.7 Å². The van der Waals surface area contributed by atoms with Crippen LogP contribution in [-0.4, -0.2) is 38.7 Å². The summed E-state index contributed by atoms with van der Waals surface area (Å²) in [6.45, 7) is 2.11. The van der Waals surface area contributed by atoms with Crippen LogP contribution >= 0.6 is 0 Å². The zero-order valence-electron chi connectivity index (χ0n) is 14.2. The number of fused-ring (bicyclic) bond motifs is 1. The van der Waals surface area contributed by atoms with Crippen LogP contribution in [0.3, 0.4) is 0 Å². The zero-order valence-corrected chi connectivity index (χ0v) is 14.2. The molecule has 3 aromatic rings. The van der Waals surface area contributed by atoms with Crippen LogP contribution in [0.4, 0.5) is 5.82 Å². The van der Waals surface area contributed by atoms with Gasteiger partial charge in [0, 0.05) is 18.5 Å². The van der Waals surface area contributed by atoms with Crippen molar-refractivity contribution in [1.82, 2.24) is 24.9 Å². The van der Waals surface area contributed by atoms with Gasteiger partial charge >= 0.3 is 0 Å². The number of aromatic nitrogens is 4. The average Bonchev–Trinajstić information content (AvgIpc) is 3.42. The summed E-state index contributed by atoms with van der Waals surface area (Å²) in [5.74, 6) is 1.54. The third-order valence-corrected chi connectivity index (χ3v) is 5.04. The molecule has 6 nitrogen and oxygen atoms in total. The van der Waals surface area contributed by atoms with Gasteiger partial charge in [-0.2, -0.15) is 5.10 Å². The van der Waals surface area contributed by atoms with Gasteiger partial charge in [-0.25, -0.2) is 14.5 Å². The molecule has 1 aliphatic heterocycles. The third-order valence-electron chi connectivity index (χ3n) is 5.04. The minimum atomic E-state index is 0.443. The Labute approximate surface area is 146 Å². The Morgan fingerprint density at radius 2 is 2.08 bits per heavy atom. The Morgan fingerprint density at radius 1 is 1.12 bits per heavy atom. The second-order valence-corrected chi connectivity index (χ2v) is 7.04. The number of nitrogens with zero attached hydrogens (tertiary/aromatic N) is 4. The van der Waals surface area contributed by atoms with Gasteiger partial charge in [0.1, 0.15) is 11.5 Å². The van der Waals surface area contributed by atoms with Crippen molar-refractivity contribution >= 4 is 11.5 Å². The molecule has 0 spiro atoms. The van der Waals surface area contributed by atoms with Crippen molar-refractivity contribution in [2.75, 3.05) is 18.4 Å². The Hall–Kier alpha value is -2.47. The standard InChI is InChI=1S/C19H22N6/c1-4-16(23-18(5-1)22-14-3-2-10-20-11-14)17-12-21-19-9-8-15(13-6-7-13)24-25(17)19/h1,4-5,8-9,12-14,20H,2-3,6-7,10-11H2,(H,22,23). The van der Waals surface area contributed by atoms with Gasteiger partial charge in [-0.15, -0.1) is 0 Å². The molecule has 5 rings (SSSR count). The lowest BCUT2D eigenvalue weighted by Crippen LogP contribution is -2.38. The minimum Gasteiger partial charge on any atom is -0.366 e. The number of rotatable bonds is 4. The maximum absolute atomic E-state index is 4.81. The predicted octanol–water partition coefficient (Wildman–Crippen LogP) is 2.83. The fourth-order valence-electron chi connectivity index (χ4n) is 3.50. The van der Waals surface area contributed by atoms with Gasteiger partial charge in [0.15, 0.2) is 5.65 Å². The van der Waals surface area contributed by atoms with E-state index in [0.717, 1.165) is 41.6 Å². The van der Waals surface area contributed by atoms with E-state index in [1.807, 2.05) is 28.9 Å². The van der Waals surface area contributed by atoms with Gasteiger partial charge in [-0.05, 0) is 56.5 Å². The molecule has 1 saturated heterocycles. The number of hydrogen-bond acceptors (Lipinski definition) is 5. The van der Waals surface area contributed by atoms with Crippen molar-refractivity contribution in [3.63, 3.8) is 0 Å². The third kappa shape index (κ3) is 2.98. The molecule has 1 saturated carbocycles. The Kier molecular flexibility index (Phi) is 3.63. The van der Waals surface area contributed by atoms with E-state index in [4.69, 9.17) is 10.1 Å².